The van der Waals surface area contributed by atoms with Gasteiger partial charge < -0.3 is 20.5 Å². The van der Waals surface area contributed by atoms with Crippen LogP contribution in [0.25, 0.3) is 0 Å². The maximum Gasteiger partial charge on any atom is 0.236 e. The monoisotopic (exact) mass is 230 g/mol. The van der Waals surface area contributed by atoms with E-state index >= 15 is 0 Å². The Morgan fingerprint density at radius 1 is 1.50 bits per heavy atom. The first-order valence-corrected chi connectivity index (χ1v) is 5.47. The number of rotatable bonds is 10. The van der Waals surface area contributed by atoms with Crippen LogP contribution in [0.15, 0.2) is 12.8 Å². The second-order valence-corrected chi connectivity index (χ2v) is 3.42. The van der Waals surface area contributed by atoms with Crippen LogP contribution >= 0.6 is 0 Å². The lowest BCUT2D eigenvalue weighted by molar-refractivity contribution is -0.122. The van der Waals surface area contributed by atoms with E-state index in [-0.39, 0.29) is 5.91 Å². The number of carbonyl (C=O) groups excluding carboxylic acids is 1. The molecule has 3 N–H and O–H groups in total. The molecular weight excluding hydrogens is 208 g/mol. The van der Waals surface area contributed by atoms with Crippen LogP contribution in [-0.2, 0) is 14.3 Å². The van der Waals surface area contributed by atoms with E-state index in [1.807, 2.05) is 0 Å². The van der Waals surface area contributed by atoms with E-state index in [2.05, 4.69) is 11.9 Å². The average molecular weight is 230 g/mol. The summed E-state index contributed by atoms with van der Waals surface area (Å²) in [5.74, 6) is -0.116. The summed E-state index contributed by atoms with van der Waals surface area (Å²) in [5.41, 5.74) is 5.68. The summed E-state index contributed by atoms with van der Waals surface area (Å²) < 4.78 is 9.80. The van der Waals surface area contributed by atoms with Gasteiger partial charge >= 0.3 is 0 Å². The summed E-state index contributed by atoms with van der Waals surface area (Å²) in [6.45, 7) is 5.19. The van der Waals surface area contributed by atoms with Crippen molar-refractivity contribution >= 4 is 5.91 Å². The molecule has 0 radical (unpaired) electrons. The average Bonchev–Trinajstić information content (AvgIpc) is 2.28. The SMILES string of the molecule is C=COCCCNC(=O)C(N)CCCOC. The largest absolute Gasteiger partial charge is 0.502 e. The highest BCUT2D eigenvalue weighted by Gasteiger charge is 2.11. The van der Waals surface area contributed by atoms with Crippen LogP contribution in [-0.4, -0.2) is 38.8 Å². The van der Waals surface area contributed by atoms with Crippen molar-refractivity contribution in [3.05, 3.63) is 12.8 Å². The zero-order valence-electron chi connectivity index (χ0n) is 9.91. The Kier molecular flexibility index (Phi) is 9.75. The van der Waals surface area contributed by atoms with Crippen LogP contribution in [0, 0.1) is 0 Å². The molecule has 5 heteroatoms. The van der Waals surface area contributed by atoms with Crippen molar-refractivity contribution in [2.45, 2.75) is 25.3 Å². The van der Waals surface area contributed by atoms with Crippen molar-refractivity contribution in [2.75, 3.05) is 26.9 Å². The van der Waals surface area contributed by atoms with Crippen molar-refractivity contribution < 1.29 is 14.3 Å². The minimum Gasteiger partial charge on any atom is -0.502 e. The second kappa shape index (κ2) is 10.4. The Labute approximate surface area is 97.0 Å². The fraction of sp³-hybridized carbons (Fsp3) is 0.727. The van der Waals surface area contributed by atoms with Crippen LogP contribution in [0.3, 0.4) is 0 Å². The predicted molar refractivity (Wildman–Crippen MR) is 62.9 cm³/mol. The van der Waals surface area contributed by atoms with E-state index in [9.17, 15) is 4.79 Å². The molecule has 0 saturated carbocycles. The highest BCUT2D eigenvalue weighted by atomic mass is 16.5. The van der Waals surface area contributed by atoms with Gasteiger partial charge in [-0.05, 0) is 19.3 Å². The molecule has 1 unspecified atom stereocenters. The third-order valence-electron chi connectivity index (χ3n) is 2.06. The zero-order chi connectivity index (χ0) is 12.2. The van der Waals surface area contributed by atoms with E-state index in [1.54, 1.807) is 7.11 Å². The first kappa shape index (κ1) is 14.9. The summed E-state index contributed by atoms with van der Waals surface area (Å²) in [6.07, 6.45) is 3.58. The molecule has 0 aromatic carbocycles. The Hall–Kier alpha value is -1.07. The van der Waals surface area contributed by atoms with E-state index < -0.39 is 6.04 Å². The van der Waals surface area contributed by atoms with Gasteiger partial charge in [0.1, 0.15) is 0 Å². The van der Waals surface area contributed by atoms with Gasteiger partial charge in [-0.15, -0.1) is 0 Å². The molecule has 0 spiro atoms. The lowest BCUT2D eigenvalue weighted by Crippen LogP contribution is -2.41. The van der Waals surface area contributed by atoms with Gasteiger partial charge in [-0.3, -0.25) is 4.79 Å². The van der Waals surface area contributed by atoms with E-state index in [0.29, 0.717) is 26.2 Å². The molecule has 16 heavy (non-hydrogen) atoms. The topological polar surface area (TPSA) is 73.6 Å². The third kappa shape index (κ3) is 8.26. The Morgan fingerprint density at radius 3 is 2.88 bits per heavy atom. The maximum absolute atomic E-state index is 11.4. The van der Waals surface area contributed by atoms with Crippen LogP contribution in [0.5, 0.6) is 0 Å². The van der Waals surface area contributed by atoms with Crippen LogP contribution in [0.2, 0.25) is 0 Å². The number of ether oxygens (including phenoxy) is 2. The molecular formula is C11H22N2O3. The first-order valence-electron chi connectivity index (χ1n) is 5.47. The molecule has 0 aliphatic heterocycles. The van der Waals surface area contributed by atoms with E-state index in [4.69, 9.17) is 15.2 Å². The van der Waals surface area contributed by atoms with Gasteiger partial charge in [0, 0.05) is 20.3 Å². The Bertz CT molecular complexity index is 198. The van der Waals surface area contributed by atoms with E-state index in [0.717, 1.165) is 12.8 Å². The van der Waals surface area contributed by atoms with Gasteiger partial charge in [0.15, 0.2) is 0 Å². The second-order valence-electron chi connectivity index (χ2n) is 3.42. The molecule has 0 aromatic heterocycles. The molecule has 0 aliphatic carbocycles. The predicted octanol–water partition coefficient (Wildman–Crippen LogP) is 0.407. The van der Waals surface area contributed by atoms with Crippen molar-refractivity contribution in [1.29, 1.82) is 0 Å². The van der Waals surface area contributed by atoms with Gasteiger partial charge in [-0.25, -0.2) is 0 Å². The van der Waals surface area contributed by atoms with Crippen LogP contribution in [0.4, 0.5) is 0 Å². The fourth-order valence-electron chi connectivity index (χ4n) is 1.16. The molecule has 94 valence electrons. The Balaban J connectivity index is 3.43. The zero-order valence-corrected chi connectivity index (χ0v) is 9.91. The molecule has 5 nitrogen and oxygen atoms in total. The molecule has 1 amide bonds. The van der Waals surface area contributed by atoms with Gasteiger partial charge in [0.2, 0.25) is 5.91 Å². The summed E-state index contributed by atoms with van der Waals surface area (Å²) in [5, 5.41) is 2.75. The highest BCUT2D eigenvalue weighted by molar-refractivity contribution is 5.81. The molecule has 0 bridgehead atoms. The minimum atomic E-state index is -0.449. The number of carbonyl (C=O) groups is 1. The van der Waals surface area contributed by atoms with Crippen molar-refractivity contribution in [2.24, 2.45) is 5.73 Å². The number of methoxy groups -OCH3 is 1. The molecule has 0 rings (SSSR count). The summed E-state index contributed by atoms with van der Waals surface area (Å²) >= 11 is 0. The number of amides is 1. The molecule has 0 aliphatic rings. The first-order chi connectivity index (χ1) is 7.72. The van der Waals surface area contributed by atoms with Gasteiger partial charge in [0.05, 0.1) is 18.9 Å². The molecule has 0 heterocycles. The van der Waals surface area contributed by atoms with Gasteiger partial charge in [0.25, 0.3) is 0 Å². The Morgan fingerprint density at radius 2 is 2.25 bits per heavy atom. The smallest absolute Gasteiger partial charge is 0.236 e. The fourth-order valence-corrected chi connectivity index (χ4v) is 1.16. The number of hydrogen-bond acceptors (Lipinski definition) is 4. The molecule has 0 saturated heterocycles. The van der Waals surface area contributed by atoms with Gasteiger partial charge in [-0.1, -0.05) is 6.58 Å². The van der Waals surface area contributed by atoms with Crippen LogP contribution < -0.4 is 11.1 Å². The number of nitrogens with one attached hydrogen (secondary N) is 1. The molecule has 0 fully saturated rings. The number of hydrogen-bond donors (Lipinski definition) is 2. The van der Waals surface area contributed by atoms with Crippen LogP contribution in [0.1, 0.15) is 19.3 Å². The van der Waals surface area contributed by atoms with Gasteiger partial charge in [-0.2, -0.15) is 0 Å². The lowest BCUT2D eigenvalue weighted by atomic mass is 10.1. The summed E-state index contributed by atoms with van der Waals surface area (Å²) in [6, 6.07) is -0.449. The van der Waals surface area contributed by atoms with Crippen molar-refractivity contribution in [3.8, 4) is 0 Å². The number of nitrogens with two attached hydrogens (primary N) is 1. The minimum absolute atomic E-state index is 0.116. The maximum atomic E-state index is 11.4. The summed E-state index contributed by atoms with van der Waals surface area (Å²) in [4.78, 5) is 11.4. The lowest BCUT2D eigenvalue weighted by Gasteiger charge is -2.11. The normalized spacial score (nSPS) is 11.9. The summed E-state index contributed by atoms with van der Waals surface area (Å²) in [7, 11) is 1.63. The molecule has 0 aromatic rings. The molecule has 1 atom stereocenters. The third-order valence-corrected chi connectivity index (χ3v) is 2.06. The van der Waals surface area contributed by atoms with Crippen molar-refractivity contribution in [1.82, 2.24) is 5.32 Å². The van der Waals surface area contributed by atoms with Crippen molar-refractivity contribution in [3.63, 3.8) is 0 Å². The standard InChI is InChI=1S/C11H22N2O3/c1-3-16-9-5-7-13-11(14)10(12)6-4-8-15-2/h3,10H,1,4-9,12H2,2H3,(H,13,14). The van der Waals surface area contributed by atoms with E-state index in [1.165, 1.54) is 6.26 Å². The quantitative estimate of drug-likeness (QED) is 0.421. The highest BCUT2D eigenvalue weighted by Crippen LogP contribution is 1.95.